The van der Waals surface area contributed by atoms with Crippen LogP contribution in [-0.4, -0.2) is 45.2 Å². The number of hydrogen-bond acceptors (Lipinski definition) is 5. The molecular weight excluding hydrogens is 404 g/mol. The molecule has 6 nitrogen and oxygen atoms in total. The molecule has 1 atom stereocenters. The summed E-state index contributed by atoms with van der Waals surface area (Å²) in [6.07, 6.45) is 0. The number of benzene rings is 3. The van der Waals surface area contributed by atoms with E-state index in [1.807, 2.05) is 80.8 Å². The summed E-state index contributed by atoms with van der Waals surface area (Å²) < 4.78 is 16.7. The number of amides is 1. The Morgan fingerprint density at radius 3 is 2.22 bits per heavy atom. The second-order valence-electron chi connectivity index (χ2n) is 7.59. The van der Waals surface area contributed by atoms with Gasteiger partial charge in [0.1, 0.15) is 23.9 Å². The van der Waals surface area contributed by atoms with E-state index in [-0.39, 0.29) is 18.6 Å². The summed E-state index contributed by atoms with van der Waals surface area (Å²) in [5.41, 5.74) is 2.18. The Balaban J connectivity index is 1.45. The molecule has 1 amide bonds. The van der Waals surface area contributed by atoms with Crippen molar-refractivity contribution in [3.63, 3.8) is 0 Å². The van der Waals surface area contributed by atoms with Crippen LogP contribution in [0.25, 0.3) is 0 Å². The molecule has 0 bridgehead atoms. The highest BCUT2D eigenvalue weighted by Gasteiger charge is 2.16. The van der Waals surface area contributed by atoms with Crippen molar-refractivity contribution >= 4 is 5.91 Å². The Labute approximate surface area is 189 Å². The van der Waals surface area contributed by atoms with Crippen molar-refractivity contribution < 1.29 is 19.0 Å². The van der Waals surface area contributed by atoms with Gasteiger partial charge in [-0.1, -0.05) is 42.5 Å². The number of nitrogens with zero attached hydrogens (tertiary/aromatic N) is 1. The molecule has 0 heterocycles. The summed E-state index contributed by atoms with van der Waals surface area (Å²) in [6, 6.07) is 25.1. The Hall–Kier alpha value is -3.51. The van der Waals surface area contributed by atoms with Crippen LogP contribution < -0.4 is 19.5 Å². The van der Waals surface area contributed by atoms with E-state index < -0.39 is 0 Å². The van der Waals surface area contributed by atoms with Gasteiger partial charge in [-0.2, -0.15) is 0 Å². The molecule has 1 unspecified atom stereocenters. The second-order valence-corrected chi connectivity index (χ2v) is 7.59. The predicted molar refractivity (Wildman–Crippen MR) is 125 cm³/mol. The number of rotatable bonds is 11. The highest BCUT2D eigenvalue weighted by Crippen LogP contribution is 2.22. The van der Waals surface area contributed by atoms with Crippen molar-refractivity contribution in [2.75, 3.05) is 34.4 Å². The Kier molecular flexibility index (Phi) is 8.52. The fourth-order valence-electron chi connectivity index (χ4n) is 3.23. The van der Waals surface area contributed by atoms with Crippen molar-refractivity contribution in [2.45, 2.75) is 12.6 Å². The number of ether oxygens (including phenoxy) is 3. The van der Waals surface area contributed by atoms with Gasteiger partial charge in [0.15, 0.2) is 6.61 Å². The highest BCUT2D eigenvalue weighted by molar-refractivity contribution is 5.77. The molecule has 168 valence electrons. The van der Waals surface area contributed by atoms with Gasteiger partial charge in [-0.3, -0.25) is 4.79 Å². The van der Waals surface area contributed by atoms with Crippen molar-refractivity contribution in [1.82, 2.24) is 10.2 Å². The minimum absolute atomic E-state index is 0.0232. The zero-order valence-electron chi connectivity index (χ0n) is 18.8. The third kappa shape index (κ3) is 7.03. The summed E-state index contributed by atoms with van der Waals surface area (Å²) in [7, 11) is 5.60. The molecule has 6 heteroatoms. The number of nitrogens with one attached hydrogen (secondary N) is 1. The lowest BCUT2D eigenvalue weighted by molar-refractivity contribution is -0.123. The molecule has 1 N–H and O–H groups in total. The molecule has 32 heavy (non-hydrogen) atoms. The van der Waals surface area contributed by atoms with Crippen LogP contribution >= 0.6 is 0 Å². The van der Waals surface area contributed by atoms with Gasteiger partial charge in [-0.15, -0.1) is 0 Å². The molecule has 0 aliphatic carbocycles. The lowest BCUT2D eigenvalue weighted by atomic mass is 10.1. The first-order chi connectivity index (χ1) is 15.5. The van der Waals surface area contributed by atoms with Gasteiger partial charge in [-0.25, -0.2) is 0 Å². The first-order valence-corrected chi connectivity index (χ1v) is 10.5. The Morgan fingerprint density at radius 2 is 1.56 bits per heavy atom. The van der Waals surface area contributed by atoms with Gasteiger partial charge in [0, 0.05) is 6.54 Å². The van der Waals surface area contributed by atoms with Crippen LogP contribution in [0.1, 0.15) is 17.2 Å². The Morgan fingerprint density at radius 1 is 0.875 bits per heavy atom. The van der Waals surface area contributed by atoms with E-state index in [9.17, 15) is 4.79 Å². The summed E-state index contributed by atoms with van der Waals surface area (Å²) >= 11 is 0. The van der Waals surface area contributed by atoms with E-state index in [1.54, 1.807) is 19.2 Å². The third-order valence-electron chi connectivity index (χ3n) is 5.04. The third-order valence-corrected chi connectivity index (χ3v) is 5.04. The average Bonchev–Trinajstić information content (AvgIpc) is 2.83. The van der Waals surface area contributed by atoms with Crippen molar-refractivity contribution in [2.24, 2.45) is 0 Å². The van der Waals surface area contributed by atoms with Gasteiger partial charge < -0.3 is 24.4 Å². The van der Waals surface area contributed by atoms with Gasteiger partial charge in [-0.05, 0) is 61.6 Å². The summed E-state index contributed by atoms with van der Waals surface area (Å²) in [6.45, 7) is 0.918. The average molecular weight is 435 g/mol. The SMILES string of the molecule is COc1cccc(C(CNC(=O)COc2ccc(OCc3ccccc3)cc2)N(C)C)c1. The molecule has 0 aliphatic rings. The minimum atomic E-state index is -0.177. The molecule has 0 saturated heterocycles. The number of likely N-dealkylation sites (N-methyl/N-ethyl adjacent to an activating group) is 1. The lowest BCUT2D eigenvalue weighted by Crippen LogP contribution is -2.36. The van der Waals surface area contributed by atoms with E-state index >= 15 is 0 Å². The Bertz CT molecular complexity index is 975. The monoisotopic (exact) mass is 434 g/mol. The minimum Gasteiger partial charge on any atom is -0.497 e. The lowest BCUT2D eigenvalue weighted by Gasteiger charge is -2.25. The first kappa shape index (κ1) is 23.2. The van der Waals surface area contributed by atoms with Crippen LogP contribution in [0.15, 0.2) is 78.9 Å². The van der Waals surface area contributed by atoms with Crippen LogP contribution in [0.3, 0.4) is 0 Å². The normalized spacial score (nSPS) is 11.6. The molecule has 0 aromatic heterocycles. The summed E-state index contributed by atoms with van der Waals surface area (Å²) in [5.74, 6) is 1.98. The van der Waals surface area contributed by atoms with E-state index in [0.29, 0.717) is 18.9 Å². The summed E-state index contributed by atoms with van der Waals surface area (Å²) in [5, 5.41) is 2.95. The number of carbonyl (C=O) groups is 1. The highest BCUT2D eigenvalue weighted by atomic mass is 16.5. The molecule has 0 saturated carbocycles. The number of hydrogen-bond donors (Lipinski definition) is 1. The van der Waals surface area contributed by atoms with E-state index in [4.69, 9.17) is 14.2 Å². The maximum atomic E-state index is 12.3. The topological polar surface area (TPSA) is 60.0 Å². The first-order valence-electron chi connectivity index (χ1n) is 10.5. The van der Waals surface area contributed by atoms with E-state index in [1.165, 1.54) is 0 Å². The maximum absolute atomic E-state index is 12.3. The fraction of sp³-hybridized carbons (Fsp3) is 0.269. The molecule has 0 spiro atoms. The standard InChI is InChI=1S/C26H30N2O4/c1-28(2)25(21-10-7-11-24(16-21)30-3)17-27-26(29)19-32-23-14-12-22(13-15-23)31-18-20-8-5-4-6-9-20/h4-16,25H,17-19H2,1-3H3,(H,27,29). The number of methoxy groups -OCH3 is 1. The molecule has 0 aliphatic heterocycles. The number of carbonyl (C=O) groups excluding carboxylic acids is 1. The van der Waals surface area contributed by atoms with Gasteiger partial charge in [0.05, 0.1) is 13.2 Å². The van der Waals surface area contributed by atoms with E-state index in [0.717, 1.165) is 22.6 Å². The fourth-order valence-corrected chi connectivity index (χ4v) is 3.23. The van der Waals surface area contributed by atoms with E-state index in [2.05, 4.69) is 10.2 Å². The van der Waals surface area contributed by atoms with Gasteiger partial charge in [0.2, 0.25) is 0 Å². The van der Waals surface area contributed by atoms with Crippen LogP contribution in [0.2, 0.25) is 0 Å². The largest absolute Gasteiger partial charge is 0.497 e. The van der Waals surface area contributed by atoms with Gasteiger partial charge in [0.25, 0.3) is 5.91 Å². The van der Waals surface area contributed by atoms with Crippen LogP contribution in [-0.2, 0) is 11.4 Å². The second kappa shape index (κ2) is 11.8. The van der Waals surface area contributed by atoms with Crippen molar-refractivity contribution in [3.8, 4) is 17.2 Å². The van der Waals surface area contributed by atoms with Crippen LogP contribution in [0.5, 0.6) is 17.2 Å². The molecule has 0 radical (unpaired) electrons. The molecule has 3 aromatic carbocycles. The van der Waals surface area contributed by atoms with Crippen molar-refractivity contribution in [1.29, 1.82) is 0 Å². The van der Waals surface area contributed by atoms with Crippen LogP contribution in [0, 0.1) is 0 Å². The zero-order chi connectivity index (χ0) is 22.8. The smallest absolute Gasteiger partial charge is 0.258 e. The molecule has 3 aromatic rings. The quantitative estimate of drug-likeness (QED) is 0.493. The summed E-state index contributed by atoms with van der Waals surface area (Å²) in [4.78, 5) is 14.4. The van der Waals surface area contributed by atoms with Crippen LogP contribution in [0.4, 0.5) is 0 Å². The molecular formula is C26H30N2O4. The maximum Gasteiger partial charge on any atom is 0.258 e. The van der Waals surface area contributed by atoms with Gasteiger partial charge >= 0.3 is 0 Å². The zero-order valence-corrected chi connectivity index (χ0v) is 18.8. The predicted octanol–water partition coefficient (Wildman–Crippen LogP) is 4.07. The molecule has 0 fully saturated rings. The van der Waals surface area contributed by atoms with Crippen molar-refractivity contribution in [3.05, 3.63) is 90.0 Å². The molecule has 3 rings (SSSR count).